The molecule has 0 aromatic heterocycles. The molecule has 0 bridgehead atoms. The molecule has 17 heavy (non-hydrogen) atoms. The van der Waals surface area contributed by atoms with Crippen LogP contribution in [0.2, 0.25) is 0 Å². The van der Waals surface area contributed by atoms with Gasteiger partial charge in [-0.1, -0.05) is 12.1 Å². The van der Waals surface area contributed by atoms with Gasteiger partial charge in [0.1, 0.15) is 5.75 Å². The number of phenolic OH excluding ortho intramolecular Hbond substituents is 1. The molecule has 3 nitrogen and oxygen atoms in total. The summed E-state index contributed by atoms with van der Waals surface area (Å²) in [5, 5.41) is 22.0. The van der Waals surface area contributed by atoms with Crippen LogP contribution in [0.4, 0.5) is 0 Å². The third kappa shape index (κ3) is 4.02. The molecule has 0 unspecified atom stereocenters. The van der Waals surface area contributed by atoms with Gasteiger partial charge in [0.15, 0.2) is 0 Å². The molecule has 1 saturated carbocycles. The molecule has 0 radical (unpaired) electrons. The van der Waals surface area contributed by atoms with Crippen LogP contribution in [0.5, 0.6) is 5.75 Å². The number of aromatic hydroxyl groups is 1. The van der Waals surface area contributed by atoms with Gasteiger partial charge in [-0.15, -0.1) is 0 Å². The van der Waals surface area contributed by atoms with Crippen LogP contribution in [0, 0.1) is 5.92 Å². The summed E-state index contributed by atoms with van der Waals surface area (Å²) < 4.78 is 0. The smallest absolute Gasteiger partial charge is 0.115 e. The molecule has 1 aromatic carbocycles. The fourth-order valence-corrected chi connectivity index (χ4v) is 2.38. The Morgan fingerprint density at radius 2 is 1.71 bits per heavy atom. The van der Waals surface area contributed by atoms with Crippen molar-refractivity contribution in [2.75, 3.05) is 6.54 Å². The number of aliphatic hydroxyl groups excluding tert-OH is 1. The number of hydrogen-bond acceptors (Lipinski definition) is 3. The monoisotopic (exact) mass is 235 g/mol. The quantitative estimate of drug-likeness (QED) is 0.748. The van der Waals surface area contributed by atoms with Gasteiger partial charge in [0.2, 0.25) is 0 Å². The molecule has 0 atom stereocenters. The van der Waals surface area contributed by atoms with Gasteiger partial charge in [-0.05, 0) is 55.8 Å². The lowest BCUT2D eigenvalue weighted by Crippen LogP contribution is -2.27. The van der Waals surface area contributed by atoms with Crippen molar-refractivity contribution >= 4 is 0 Å². The van der Waals surface area contributed by atoms with E-state index in [0.29, 0.717) is 11.7 Å². The predicted octanol–water partition coefficient (Wildman–Crippen LogP) is 2.03. The molecule has 1 fully saturated rings. The van der Waals surface area contributed by atoms with Gasteiger partial charge in [-0.2, -0.15) is 0 Å². The van der Waals surface area contributed by atoms with Crippen molar-refractivity contribution < 1.29 is 10.2 Å². The molecule has 0 spiro atoms. The maximum absolute atomic E-state index is 9.41. The maximum Gasteiger partial charge on any atom is 0.115 e. The number of benzene rings is 1. The summed E-state index contributed by atoms with van der Waals surface area (Å²) in [6.07, 6.45) is 4.09. The van der Waals surface area contributed by atoms with Crippen molar-refractivity contribution in [3.8, 4) is 5.75 Å². The Hall–Kier alpha value is -1.06. The molecule has 0 saturated heterocycles. The summed E-state index contributed by atoms with van der Waals surface area (Å²) in [5.41, 5.74) is 1.19. The second-order valence-corrected chi connectivity index (χ2v) is 4.97. The Labute approximate surface area is 102 Å². The van der Waals surface area contributed by atoms with Gasteiger partial charge in [0, 0.05) is 6.54 Å². The van der Waals surface area contributed by atoms with Crippen LogP contribution in [0.3, 0.4) is 0 Å². The van der Waals surface area contributed by atoms with Crippen molar-refractivity contribution in [3.05, 3.63) is 29.8 Å². The van der Waals surface area contributed by atoms with E-state index >= 15 is 0 Å². The molecule has 0 aliphatic heterocycles. The van der Waals surface area contributed by atoms with Gasteiger partial charge in [-0.25, -0.2) is 0 Å². The largest absolute Gasteiger partial charge is 0.508 e. The summed E-state index contributed by atoms with van der Waals surface area (Å²) >= 11 is 0. The van der Waals surface area contributed by atoms with Crippen molar-refractivity contribution in [1.29, 1.82) is 0 Å². The van der Waals surface area contributed by atoms with Crippen molar-refractivity contribution in [3.63, 3.8) is 0 Å². The van der Waals surface area contributed by atoms with Crippen molar-refractivity contribution in [1.82, 2.24) is 5.32 Å². The molecule has 1 aliphatic rings. The fourth-order valence-electron chi connectivity index (χ4n) is 2.38. The second-order valence-electron chi connectivity index (χ2n) is 4.97. The highest BCUT2D eigenvalue weighted by Crippen LogP contribution is 2.23. The van der Waals surface area contributed by atoms with Gasteiger partial charge < -0.3 is 15.5 Å². The normalized spacial score (nSPS) is 24.8. The SMILES string of the molecule is Oc1ccc(CNCC2CCC(O)CC2)cc1. The van der Waals surface area contributed by atoms with Crippen LogP contribution in [0.1, 0.15) is 31.2 Å². The van der Waals surface area contributed by atoms with Crippen molar-refractivity contribution in [2.45, 2.75) is 38.3 Å². The summed E-state index contributed by atoms with van der Waals surface area (Å²) in [5.74, 6) is 1.02. The molecular formula is C14H21NO2. The van der Waals surface area contributed by atoms with Crippen LogP contribution in [0.25, 0.3) is 0 Å². The highest BCUT2D eigenvalue weighted by Gasteiger charge is 2.18. The number of rotatable bonds is 4. The highest BCUT2D eigenvalue weighted by atomic mass is 16.3. The first-order valence-electron chi connectivity index (χ1n) is 6.41. The Morgan fingerprint density at radius 3 is 2.35 bits per heavy atom. The van der Waals surface area contributed by atoms with Gasteiger partial charge in [0.25, 0.3) is 0 Å². The van der Waals surface area contributed by atoms with E-state index in [1.165, 1.54) is 5.56 Å². The molecule has 2 rings (SSSR count). The minimum Gasteiger partial charge on any atom is -0.508 e. The minimum absolute atomic E-state index is 0.0663. The first-order chi connectivity index (χ1) is 8.24. The average molecular weight is 235 g/mol. The van der Waals surface area contributed by atoms with E-state index in [1.807, 2.05) is 12.1 Å². The van der Waals surface area contributed by atoms with Crippen LogP contribution in [0.15, 0.2) is 24.3 Å². The van der Waals surface area contributed by atoms with E-state index in [4.69, 9.17) is 5.11 Å². The number of nitrogens with one attached hydrogen (secondary N) is 1. The Morgan fingerprint density at radius 1 is 1.06 bits per heavy atom. The van der Waals surface area contributed by atoms with Crippen LogP contribution in [-0.2, 0) is 6.54 Å². The van der Waals surface area contributed by atoms with E-state index in [2.05, 4.69) is 5.32 Å². The molecule has 1 aromatic rings. The first kappa shape index (κ1) is 12.4. The van der Waals surface area contributed by atoms with E-state index < -0.39 is 0 Å². The Kier molecular flexibility index (Phi) is 4.40. The van der Waals surface area contributed by atoms with Gasteiger partial charge in [-0.3, -0.25) is 0 Å². The molecule has 94 valence electrons. The highest BCUT2D eigenvalue weighted by molar-refractivity contribution is 5.25. The average Bonchev–Trinajstić information content (AvgIpc) is 2.34. The molecule has 1 aliphatic carbocycles. The van der Waals surface area contributed by atoms with Crippen molar-refractivity contribution in [2.24, 2.45) is 5.92 Å². The zero-order valence-corrected chi connectivity index (χ0v) is 10.1. The predicted molar refractivity (Wildman–Crippen MR) is 67.8 cm³/mol. The summed E-state index contributed by atoms with van der Waals surface area (Å²) in [7, 11) is 0. The lowest BCUT2D eigenvalue weighted by molar-refractivity contribution is 0.108. The topological polar surface area (TPSA) is 52.5 Å². The van der Waals surface area contributed by atoms with Crippen LogP contribution in [-0.4, -0.2) is 22.9 Å². The number of hydrogen-bond donors (Lipinski definition) is 3. The zero-order chi connectivity index (χ0) is 12.1. The minimum atomic E-state index is -0.0663. The lowest BCUT2D eigenvalue weighted by atomic mass is 9.87. The Bertz CT molecular complexity index is 329. The van der Waals surface area contributed by atoms with E-state index in [-0.39, 0.29) is 6.10 Å². The van der Waals surface area contributed by atoms with E-state index in [0.717, 1.165) is 38.8 Å². The zero-order valence-electron chi connectivity index (χ0n) is 10.1. The first-order valence-corrected chi connectivity index (χ1v) is 6.41. The third-order valence-electron chi connectivity index (χ3n) is 3.51. The fraction of sp³-hybridized carbons (Fsp3) is 0.571. The van der Waals surface area contributed by atoms with Gasteiger partial charge in [0.05, 0.1) is 6.10 Å². The van der Waals surface area contributed by atoms with Crippen LogP contribution >= 0.6 is 0 Å². The van der Waals surface area contributed by atoms with E-state index in [9.17, 15) is 5.11 Å². The number of aliphatic hydroxyl groups is 1. The lowest BCUT2D eigenvalue weighted by Gasteiger charge is -2.25. The maximum atomic E-state index is 9.41. The molecule has 0 amide bonds. The Balaban J connectivity index is 1.67. The molecule has 0 heterocycles. The van der Waals surface area contributed by atoms with Crippen LogP contribution < -0.4 is 5.32 Å². The molecule has 3 heteroatoms. The van der Waals surface area contributed by atoms with E-state index in [1.54, 1.807) is 12.1 Å². The third-order valence-corrected chi connectivity index (χ3v) is 3.51. The summed E-state index contributed by atoms with van der Waals surface area (Å²) in [6, 6.07) is 7.31. The summed E-state index contributed by atoms with van der Waals surface area (Å²) in [4.78, 5) is 0. The number of phenols is 1. The van der Waals surface area contributed by atoms with Gasteiger partial charge >= 0.3 is 0 Å². The molecule has 3 N–H and O–H groups in total. The standard InChI is InChI=1S/C14H21NO2/c16-13-5-1-11(2-6-13)9-15-10-12-3-7-14(17)8-4-12/h1-2,5-6,12,14-17H,3-4,7-10H2. The second kappa shape index (κ2) is 6.03. The molecular weight excluding hydrogens is 214 g/mol. The summed E-state index contributed by atoms with van der Waals surface area (Å²) in [6.45, 7) is 1.87.